The maximum absolute atomic E-state index is 12.0. The molecule has 0 spiro atoms. The molecule has 4 N–H and O–H groups in total. The van der Waals surface area contributed by atoms with Gasteiger partial charge < -0.3 is 16.2 Å². The van der Waals surface area contributed by atoms with Crippen molar-refractivity contribution in [3.05, 3.63) is 0 Å². The summed E-state index contributed by atoms with van der Waals surface area (Å²) < 4.78 is 0. The van der Waals surface area contributed by atoms with Crippen molar-refractivity contribution >= 4 is 5.91 Å². The highest BCUT2D eigenvalue weighted by molar-refractivity contribution is 5.83. The molecular formula is C13H26N2O2. The van der Waals surface area contributed by atoms with Gasteiger partial charge in [0.15, 0.2) is 0 Å². The highest BCUT2D eigenvalue weighted by Crippen LogP contribution is 2.40. The summed E-state index contributed by atoms with van der Waals surface area (Å²) >= 11 is 0. The van der Waals surface area contributed by atoms with Crippen molar-refractivity contribution < 1.29 is 9.90 Å². The predicted molar refractivity (Wildman–Crippen MR) is 68.4 cm³/mol. The van der Waals surface area contributed by atoms with Crippen molar-refractivity contribution in [3.63, 3.8) is 0 Å². The molecule has 1 unspecified atom stereocenters. The van der Waals surface area contributed by atoms with Crippen LogP contribution in [0.5, 0.6) is 0 Å². The molecule has 0 saturated heterocycles. The average molecular weight is 242 g/mol. The number of aliphatic hydroxyl groups is 1. The molecule has 4 nitrogen and oxygen atoms in total. The predicted octanol–water partition coefficient (Wildman–Crippen LogP) is 1.03. The van der Waals surface area contributed by atoms with Crippen LogP contribution < -0.4 is 11.1 Å². The summed E-state index contributed by atoms with van der Waals surface area (Å²) in [7, 11) is 0. The fourth-order valence-corrected chi connectivity index (χ4v) is 2.54. The number of rotatable bonds is 6. The van der Waals surface area contributed by atoms with Crippen molar-refractivity contribution in [2.45, 2.75) is 52.1 Å². The Morgan fingerprint density at radius 2 is 2.12 bits per heavy atom. The molecule has 4 heteroatoms. The van der Waals surface area contributed by atoms with Crippen molar-refractivity contribution in [1.29, 1.82) is 0 Å². The van der Waals surface area contributed by atoms with Gasteiger partial charge in [0.1, 0.15) is 0 Å². The van der Waals surface area contributed by atoms with E-state index in [0.29, 0.717) is 25.4 Å². The highest BCUT2D eigenvalue weighted by Gasteiger charge is 2.43. The quantitative estimate of drug-likeness (QED) is 0.651. The molecule has 100 valence electrons. The van der Waals surface area contributed by atoms with E-state index in [1.807, 2.05) is 0 Å². The third-order valence-corrected chi connectivity index (χ3v) is 3.66. The smallest absolute Gasteiger partial charge is 0.227 e. The van der Waals surface area contributed by atoms with Crippen LogP contribution in [-0.2, 0) is 4.79 Å². The molecule has 0 aromatic carbocycles. The summed E-state index contributed by atoms with van der Waals surface area (Å²) in [5.41, 5.74) is 4.48. The Kier molecular flexibility index (Phi) is 4.55. The van der Waals surface area contributed by atoms with Gasteiger partial charge >= 0.3 is 0 Å². The SMILES string of the molecule is CC(C)CC(C)(O)CNC(=O)C1(CN)CCC1. The Hall–Kier alpha value is -0.610. The van der Waals surface area contributed by atoms with Gasteiger partial charge in [-0.15, -0.1) is 0 Å². The first-order chi connectivity index (χ1) is 7.81. The van der Waals surface area contributed by atoms with Crippen LogP contribution >= 0.6 is 0 Å². The zero-order valence-electron chi connectivity index (χ0n) is 11.3. The summed E-state index contributed by atoms with van der Waals surface area (Å²) in [6, 6.07) is 0. The molecule has 1 aliphatic carbocycles. The maximum atomic E-state index is 12.0. The van der Waals surface area contributed by atoms with Gasteiger partial charge in [-0.05, 0) is 32.1 Å². The second-order valence-electron chi connectivity index (χ2n) is 6.12. The summed E-state index contributed by atoms with van der Waals surface area (Å²) in [6.45, 7) is 6.60. The molecule has 1 fully saturated rings. The Morgan fingerprint density at radius 3 is 2.47 bits per heavy atom. The van der Waals surface area contributed by atoms with Crippen LogP contribution in [0.1, 0.15) is 46.5 Å². The fraction of sp³-hybridized carbons (Fsp3) is 0.923. The van der Waals surface area contributed by atoms with E-state index in [-0.39, 0.29) is 11.3 Å². The second-order valence-corrected chi connectivity index (χ2v) is 6.12. The van der Waals surface area contributed by atoms with Gasteiger partial charge in [-0.25, -0.2) is 0 Å². The maximum Gasteiger partial charge on any atom is 0.227 e. The number of amides is 1. The molecular weight excluding hydrogens is 216 g/mol. The van der Waals surface area contributed by atoms with Crippen molar-refractivity contribution in [2.75, 3.05) is 13.1 Å². The summed E-state index contributed by atoms with van der Waals surface area (Å²) in [4.78, 5) is 12.0. The zero-order chi connectivity index (χ0) is 13.1. The molecule has 1 rings (SSSR count). The number of carbonyl (C=O) groups excluding carboxylic acids is 1. The van der Waals surface area contributed by atoms with Crippen molar-refractivity contribution in [2.24, 2.45) is 17.1 Å². The first-order valence-corrected chi connectivity index (χ1v) is 6.52. The van der Waals surface area contributed by atoms with Gasteiger partial charge in [-0.3, -0.25) is 4.79 Å². The van der Waals surface area contributed by atoms with Gasteiger partial charge in [-0.1, -0.05) is 20.3 Å². The molecule has 0 aliphatic heterocycles. The minimum absolute atomic E-state index is 0.00952. The van der Waals surface area contributed by atoms with Crippen LogP contribution in [0.3, 0.4) is 0 Å². The van der Waals surface area contributed by atoms with E-state index in [0.717, 1.165) is 19.3 Å². The highest BCUT2D eigenvalue weighted by atomic mass is 16.3. The minimum Gasteiger partial charge on any atom is -0.388 e. The second kappa shape index (κ2) is 5.36. The van der Waals surface area contributed by atoms with Crippen LogP contribution in [0, 0.1) is 11.3 Å². The first-order valence-electron chi connectivity index (χ1n) is 6.52. The Morgan fingerprint density at radius 1 is 1.53 bits per heavy atom. The number of nitrogens with one attached hydrogen (secondary N) is 1. The molecule has 0 heterocycles. The van der Waals surface area contributed by atoms with Crippen LogP contribution in [0.15, 0.2) is 0 Å². The normalized spacial score (nSPS) is 21.8. The summed E-state index contributed by atoms with van der Waals surface area (Å²) in [5.74, 6) is 0.421. The third kappa shape index (κ3) is 3.68. The molecule has 0 aromatic heterocycles. The molecule has 0 radical (unpaired) electrons. The van der Waals surface area contributed by atoms with Gasteiger partial charge in [0.05, 0.1) is 11.0 Å². The van der Waals surface area contributed by atoms with E-state index in [9.17, 15) is 9.90 Å². The number of carbonyl (C=O) groups is 1. The first kappa shape index (κ1) is 14.5. The molecule has 1 saturated carbocycles. The Bertz CT molecular complexity index is 265. The molecule has 1 amide bonds. The topological polar surface area (TPSA) is 75.3 Å². The van der Waals surface area contributed by atoms with E-state index in [4.69, 9.17) is 5.73 Å². The Balaban J connectivity index is 2.42. The third-order valence-electron chi connectivity index (χ3n) is 3.66. The number of hydrogen-bond acceptors (Lipinski definition) is 3. The minimum atomic E-state index is -0.830. The molecule has 17 heavy (non-hydrogen) atoms. The lowest BCUT2D eigenvalue weighted by molar-refractivity contribution is -0.136. The van der Waals surface area contributed by atoms with Crippen molar-refractivity contribution in [1.82, 2.24) is 5.32 Å². The number of nitrogens with two attached hydrogens (primary N) is 1. The van der Waals surface area contributed by atoms with Gasteiger partial charge in [0, 0.05) is 13.1 Å². The van der Waals surface area contributed by atoms with E-state index < -0.39 is 5.60 Å². The van der Waals surface area contributed by atoms with Gasteiger partial charge in [-0.2, -0.15) is 0 Å². The average Bonchev–Trinajstić information content (AvgIpc) is 2.12. The monoisotopic (exact) mass is 242 g/mol. The summed E-state index contributed by atoms with van der Waals surface area (Å²) in [5, 5.41) is 13.0. The van der Waals surface area contributed by atoms with E-state index >= 15 is 0 Å². The van der Waals surface area contributed by atoms with Crippen molar-refractivity contribution in [3.8, 4) is 0 Å². The fourth-order valence-electron chi connectivity index (χ4n) is 2.54. The van der Waals surface area contributed by atoms with Crippen LogP contribution in [-0.4, -0.2) is 29.7 Å². The van der Waals surface area contributed by atoms with Crippen LogP contribution in [0.2, 0.25) is 0 Å². The standard InChI is InChI=1S/C13H26N2O2/c1-10(2)7-12(3,17)9-15-11(16)13(8-14)5-4-6-13/h10,17H,4-9,14H2,1-3H3,(H,15,16). The lowest BCUT2D eigenvalue weighted by Gasteiger charge is -2.40. The molecule has 0 aromatic rings. The van der Waals surface area contributed by atoms with Crippen LogP contribution in [0.4, 0.5) is 0 Å². The lowest BCUT2D eigenvalue weighted by atomic mass is 9.68. The van der Waals surface area contributed by atoms with Crippen LogP contribution in [0.25, 0.3) is 0 Å². The lowest BCUT2D eigenvalue weighted by Crippen LogP contribution is -2.53. The Labute approximate surface area is 104 Å². The largest absolute Gasteiger partial charge is 0.388 e. The van der Waals surface area contributed by atoms with Gasteiger partial charge in [0.25, 0.3) is 0 Å². The van der Waals surface area contributed by atoms with E-state index in [2.05, 4.69) is 19.2 Å². The zero-order valence-corrected chi connectivity index (χ0v) is 11.3. The summed E-state index contributed by atoms with van der Waals surface area (Å²) in [6.07, 6.45) is 3.51. The van der Waals surface area contributed by atoms with Gasteiger partial charge in [0.2, 0.25) is 5.91 Å². The molecule has 1 aliphatic rings. The molecule has 1 atom stereocenters. The van der Waals surface area contributed by atoms with E-state index in [1.165, 1.54) is 0 Å². The van der Waals surface area contributed by atoms with E-state index in [1.54, 1.807) is 6.92 Å². The molecule has 0 bridgehead atoms. The number of hydrogen-bond donors (Lipinski definition) is 3.